The molecule has 6 heteroatoms. The molecule has 2 heterocycles. The smallest absolute Gasteiger partial charge is 0.255 e. The second kappa shape index (κ2) is 8.40. The van der Waals surface area contributed by atoms with E-state index in [1.54, 1.807) is 23.3 Å². The Morgan fingerprint density at radius 2 is 1.96 bits per heavy atom. The maximum absolute atomic E-state index is 12.7. The number of hydrogen-bond acceptors (Lipinski definition) is 3. The number of aromatic nitrogens is 3. The molecular weight excluding hydrogens is 326 g/mol. The number of rotatable bonds is 7. The van der Waals surface area contributed by atoms with Crippen molar-refractivity contribution in [3.63, 3.8) is 0 Å². The van der Waals surface area contributed by atoms with Crippen LogP contribution in [0.4, 0.5) is 0 Å². The predicted molar refractivity (Wildman–Crippen MR) is 101 cm³/mol. The Morgan fingerprint density at radius 1 is 1.15 bits per heavy atom. The number of carbonyl (C=O) groups is 1. The Hall–Kier alpha value is -2.99. The fraction of sp³-hybridized carbons (Fsp3) is 0.250. The highest BCUT2D eigenvalue weighted by molar-refractivity contribution is 5.99. The number of quaternary nitrogens is 1. The zero-order chi connectivity index (χ0) is 18.4. The van der Waals surface area contributed by atoms with E-state index in [4.69, 9.17) is 0 Å². The van der Waals surface area contributed by atoms with Gasteiger partial charge in [-0.05, 0) is 24.3 Å². The number of nitrogens with zero attached hydrogens (tertiary/aromatic N) is 3. The molecule has 0 fully saturated rings. The van der Waals surface area contributed by atoms with Crippen LogP contribution in [0.25, 0.3) is 16.9 Å². The van der Waals surface area contributed by atoms with Gasteiger partial charge < -0.3 is 10.2 Å². The third kappa shape index (κ3) is 4.34. The fourth-order valence-corrected chi connectivity index (χ4v) is 2.71. The van der Waals surface area contributed by atoms with Gasteiger partial charge in [0.2, 0.25) is 0 Å². The molecule has 3 rings (SSSR count). The highest BCUT2D eigenvalue weighted by Crippen LogP contribution is 2.23. The minimum Gasteiger partial charge on any atom is -0.352 e. The maximum Gasteiger partial charge on any atom is 0.255 e. The van der Waals surface area contributed by atoms with Gasteiger partial charge in [-0.2, -0.15) is 5.10 Å². The number of nitrogens with one attached hydrogen (secondary N) is 2. The lowest BCUT2D eigenvalue weighted by atomic mass is 10.1. The van der Waals surface area contributed by atoms with Crippen LogP contribution in [0.3, 0.4) is 0 Å². The van der Waals surface area contributed by atoms with Gasteiger partial charge in [-0.1, -0.05) is 18.2 Å². The molecule has 0 aliphatic heterocycles. The molecule has 1 aromatic carbocycles. The van der Waals surface area contributed by atoms with E-state index < -0.39 is 0 Å². The van der Waals surface area contributed by atoms with Gasteiger partial charge in [0.15, 0.2) is 0 Å². The van der Waals surface area contributed by atoms with E-state index in [9.17, 15) is 4.79 Å². The van der Waals surface area contributed by atoms with Crippen molar-refractivity contribution in [3.05, 3.63) is 66.6 Å². The van der Waals surface area contributed by atoms with Gasteiger partial charge >= 0.3 is 0 Å². The maximum atomic E-state index is 12.7. The molecule has 0 aliphatic rings. The molecule has 3 aromatic rings. The van der Waals surface area contributed by atoms with Gasteiger partial charge in [0.25, 0.3) is 5.91 Å². The number of carbonyl (C=O) groups excluding carboxylic acids is 1. The Balaban J connectivity index is 1.87. The summed E-state index contributed by atoms with van der Waals surface area (Å²) in [4.78, 5) is 18.3. The van der Waals surface area contributed by atoms with Crippen LogP contribution in [0.1, 0.15) is 16.8 Å². The number of para-hydroxylation sites is 1. The number of pyridine rings is 1. The largest absolute Gasteiger partial charge is 0.352 e. The third-order valence-corrected chi connectivity index (χ3v) is 4.05. The molecule has 26 heavy (non-hydrogen) atoms. The molecule has 1 amide bonds. The van der Waals surface area contributed by atoms with Crippen molar-refractivity contribution in [3.8, 4) is 16.9 Å². The first-order valence-electron chi connectivity index (χ1n) is 8.78. The molecule has 0 atom stereocenters. The van der Waals surface area contributed by atoms with Crippen molar-refractivity contribution in [2.24, 2.45) is 0 Å². The summed E-state index contributed by atoms with van der Waals surface area (Å²) in [5.74, 6) is -0.111. The van der Waals surface area contributed by atoms with E-state index in [0.29, 0.717) is 17.8 Å². The van der Waals surface area contributed by atoms with E-state index in [1.165, 1.54) is 4.90 Å². The van der Waals surface area contributed by atoms with Crippen LogP contribution >= 0.6 is 0 Å². The molecule has 6 nitrogen and oxygen atoms in total. The minimum atomic E-state index is -0.111. The van der Waals surface area contributed by atoms with Gasteiger partial charge in [0.05, 0.1) is 31.9 Å². The van der Waals surface area contributed by atoms with Crippen molar-refractivity contribution < 1.29 is 9.69 Å². The Morgan fingerprint density at radius 3 is 2.65 bits per heavy atom. The van der Waals surface area contributed by atoms with Gasteiger partial charge in [0, 0.05) is 37.1 Å². The number of benzene rings is 1. The highest BCUT2D eigenvalue weighted by atomic mass is 16.1. The second-order valence-corrected chi connectivity index (χ2v) is 6.48. The number of amides is 1. The van der Waals surface area contributed by atoms with Crippen molar-refractivity contribution in [1.29, 1.82) is 0 Å². The summed E-state index contributed by atoms with van der Waals surface area (Å²) in [6, 6.07) is 13.5. The van der Waals surface area contributed by atoms with Crippen LogP contribution in [-0.2, 0) is 0 Å². The third-order valence-electron chi connectivity index (χ3n) is 4.05. The summed E-state index contributed by atoms with van der Waals surface area (Å²) < 4.78 is 1.74. The van der Waals surface area contributed by atoms with Crippen molar-refractivity contribution in [1.82, 2.24) is 20.1 Å². The van der Waals surface area contributed by atoms with Crippen LogP contribution in [0.15, 0.2) is 61.1 Å². The summed E-state index contributed by atoms with van der Waals surface area (Å²) in [6.45, 7) is 1.66. The Bertz CT molecular complexity index is 843. The lowest BCUT2D eigenvalue weighted by molar-refractivity contribution is -0.858. The summed E-state index contributed by atoms with van der Waals surface area (Å²) in [5, 5.41) is 7.64. The average Bonchev–Trinajstić information content (AvgIpc) is 3.12. The molecule has 0 saturated heterocycles. The van der Waals surface area contributed by atoms with Gasteiger partial charge in [0.1, 0.15) is 5.69 Å². The molecule has 2 aromatic heterocycles. The number of hydrogen-bond donors (Lipinski definition) is 2. The monoisotopic (exact) mass is 350 g/mol. The van der Waals surface area contributed by atoms with E-state index in [0.717, 1.165) is 24.2 Å². The van der Waals surface area contributed by atoms with Gasteiger partial charge in [-0.3, -0.25) is 9.78 Å². The highest BCUT2D eigenvalue weighted by Gasteiger charge is 2.18. The molecular formula is C20H24N5O+. The molecule has 0 radical (unpaired) electrons. The van der Waals surface area contributed by atoms with Crippen LogP contribution in [0, 0.1) is 0 Å². The quantitative estimate of drug-likeness (QED) is 0.630. The predicted octanol–water partition coefficient (Wildman–Crippen LogP) is 1.20. The van der Waals surface area contributed by atoms with Crippen LogP contribution in [0.5, 0.6) is 0 Å². The van der Waals surface area contributed by atoms with Crippen molar-refractivity contribution in [2.75, 3.05) is 27.2 Å². The summed E-state index contributed by atoms with van der Waals surface area (Å²) in [7, 11) is 4.21. The summed E-state index contributed by atoms with van der Waals surface area (Å²) in [6.07, 6.45) is 6.15. The lowest BCUT2D eigenvalue weighted by Gasteiger charge is -2.08. The first kappa shape index (κ1) is 17.8. The van der Waals surface area contributed by atoms with E-state index >= 15 is 0 Å². The molecule has 0 aliphatic carbocycles. The normalized spacial score (nSPS) is 10.9. The fourth-order valence-electron chi connectivity index (χ4n) is 2.71. The Kier molecular flexibility index (Phi) is 5.76. The zero-order valence-corrected chi connectivity index (χ0v) is 15.1. The van der Waals surface area contributed by atoms with E-state index in [2.05, 4.69) is 29.5 Å². The summed E-state index contributed by atoms with van der Waals surface area (Å²) in [5.41, 5.74) is 2.93. The summed E-state index contributed by atoms with van der Waals surface area (Å²) >= 11 is 0. The molecule has 0 bridgehead atoms. The van der Waals surface area contributed by atoms with Crippen molar-refractivity contribution >= 4 is 5.91 Å². The SMILES string of the molecule is C[NH+](C)CCCNC(=O)c1cn(-c2ccccc2)nc1-c1cccnc1. The molecule has 0 spiro atoms. The Labute approximate surface area is 153 Å². The van der Waals surface area contributed by atoms with Crippen LogP contribution in [0.2, 0.25) is 0 Å². The second-order valence-electron chi connectivity index (χ2n) is 6.48. The van der Waals surface area contributed by atoms with Crippen molar-refractivity contribution in [2.45, 2.75) is 6.42 Å². The lowest BCUT2D eigenvalue weighted by Crippen LogP contribution is -3.05. The van der Waals surface area contributed by atoms with E-state index in [1.807, 2.05) is 42.5 Å². The zero-order valence-electron chi connectivity index (χ0n) is 15.1. The first-order chi connectivity index (χ1) is 12.6. The van der Waals surface area contributed by atoms with Crippen LogP contribution < -0.4 is 10.2 Å². The topological polar surface area (TPSA) is 64.2 Å². The molecule has 0 unspecified atom stereocenters. The van der Waals surface area contributed by atoms with Gasteiger partial charge in [-0.15, -0.1) is 0 Å². The first-order valence-corrected chi connectivity index (χ1v) is 8.78. The minimum absolute atomic E-state index is 0.111. The molecule has 2 N–H and O–H groups in total. The van der Waals surface area contributed by atoms with Crippen LogP contribution in [-0.4, -0.2) is 47.9 Å². The average molecular weight is 350 g/mol. The molecule has 0 saturated carbocycles. The van der Waals surface area contributed by atoms with E-state index in [-0.39, 0.29) is 5.91 Å². The standard InChI is InChI=1S/C20H23N5O/c1-24(2)13-7-12-22-20(26)18-15-25(17-9-4-3-5-10-17)23-19(18)16-8-6-11-21-14-16/h3-6,8-11,14-15H,7,12-13H2,1-2H3,(H,22,26)/p+1. The van der Waals surface area contributed by atoms with Gasteiger partial charge in [-0.25, -0.2) is 4.68 Å². The molecule has 134 valence electrons.